The Morgan fingerprint density at radius 1 is 1.33 bits per heavy atom. The molecule has 0 spiro atoms. The molecule has 1 aliphatic heterocycles. The summed E-state index contributed by atoms with van der Waals surface area (Å²) in [5, 5.41) is 10.7. The molecular weight excluding hydrogens is 340 g/mol. The number of halogens is 1. The first kappa shape index (κ1) is 14.2. The molecule has 21 heavy (non-hydrogen) atoms. The lowest BCUT2D eigenvalue weighted by Crippen LogP contribution is -2.24. The third-order valence-electron chi connectivity index (χ3n) is 3.56. The third-order valence-corrected chi connectivity index (χ3v) is 4.10. The van der Waals surface area contributed by atoms with Crippen molar-refractivity contribution in [2.75, 3.05) is 32.2 Å². The zero-order valence-electron chi connectivity index (χ0n) is 11.7. The number of aromatic nitrogens is 5. The first-order valence-electron chi connectivity index (χ1n) is 6.43. The van der Waals surface area contributed by atoms with Gasteiger partial charge in [-0.05, 0) is 15.9 Å². The predicted molar refractivity (Wildman–Crippen MR) is 78.4 cm³/mol. The van der Waals surface area contributed by atoms with E-state index >= 15 is 0 Å². The zero-order valence-corrected chi connectivity index (χ0v) is 13.2. The molecule has 112 valence electrons. The monoisotopic (exact) mass is 354 g/mol. The Morgan fingerprint density at radius 2 is 2.19 bits per heavy atom. The number of nitrogens with zero attached hydrogens (tertiary/aromatic N) is 5. The predicted octanol–water partition coefficient (Wildman–Crippen LogP) is 0.985. The average molecular weight is 355 g/mol. The smallest absolute Gasteiger partial charge is 0.232 e. The lowest BCUT2D eigenvalue weighted by atomic mass is 10.0. The number of hydrogen-bond acceptors (Lipinski definition) is 7. The van der Waals surface area contributed by atoms with Crippen molar-refractivity contribution in [1.82, 2.24) is 25.4 Å². The van der Waals surface area contributed by atoms with Crippen molar-refractivity contribution in [3.8, 4) is 5.88 Å². The fourth-order valence-corrected chi connectivity index (χ4v) is 2.84. The highest BCUT2D eigenvalue weighted by atomic mass is 79.9. The van der Waals surface area contributed by atoms with E-state index in [1.54, 1.807) is 26.6 Å². The molecule has 2 aromatic rings. The van der Waals surface area contributed by atoms with Crippen molar-refractivity contribution in [3.05, 3.63) is 22.6 Å². The van der Waals surface area contributed by atoms with Crippen molar-refractivity contribution >= 4 is 21.9 Å². The van der Waals surface area contributed by atoms with E-state index in [2.05, 4.69) is 46.2 Å². The molecule has 0 saturated carbocycles. The minimum Gasteiger partial charge on any atom is -0.480 e. The van der Waals surface area contributed by atoms with Crippen LogP contribution in [-0.4, -0.2) is 58.8 Å². The second-order valence-corrected chi connectivity index (χ2v) is 5.56. The molecule has 1 aliphatic rings. The number of rotatable bonds is 4. The van der Waals surface area contributed by atoms with Crippen molar-refractivity contribution in [1.29, 1.82) is 0 Å². The minimum atomic E-state index is 0.0216. The topological polar surface area (TPSA) is 89.0 Å². The summed E-state index contributed by atoms with van der Waals surface area (Å²) in [4.78, 5) is 10.8. The van der Waals surface area contributed by atoms with Gasteiger partial charge in [0.25, 0.3) is 0 Å². The van der Waals surface area contributed by atoms with Crippen LogP contribution in [-0.2, 0) is 4.74 Å². The summed E-state index contributed by atoms with van der Waals surface area (Å²) in [5.74, 6) is 1.26. The van der Waals surface area contributed by atoms with Gasteiger partial charge in [0.1, 0.15) is 0 Å². The molecule has 0 aromatic carbocycles. The van der Waals surface area contributed by atoms with Gasteiger partial charge in [0, 0.05) is 20.2 Å². The van der Waals surface area contributed by atoms with Crippen LogP contribution in [0.15, 0.2) is 16.9 Å². The number of anilines is 1. The number of ether oxygens (including phenoxy) is 2. The maximum Gasteiger partial charge on any atom is 0.232 e. The lowest BCUT2D eigenvalue weighted by Gasteiger charge is -2.16. The second kappa shape index (κ2) is 5.94. The summed E-state index contributed by atoms with van der Waals surface area (Å²) in [7, 11) is 3.28. The van der Waals surface area contributed by atoms with Crippen LogP contribution in [0.5, 0.6) is 5.88 Å². The van der Waals surface area contributed by atoms with E-state index in [4.69, 9.17) is 9.47 Å². The van der Waals surface area contributed by atoms with Gasteiger partial charge in [-0.1, -0.05) is 0 Å². The van der Waals surface area contributed by atoms with E-state index in [1.807, 2.05) is 0 Å². The summed E-state index contributed by atoms with van der Waals surface area (Å²) in [6.07, 6.45) is 3.43. The van der Waals surface area contributed by atoms with Crippen LogP contribution < -0.4 is 9.64 Å². The summed E-state index contributed by atoms with van der Waals surface area (Å²) < 4.78 is 11.5. The summed E-state index contributed by atoms with van der Waals surface area (Å²) in [5.41, 5.74) is 0.883. The molecule has 9 heteroatoms. The molecule has 0 unspecified atom stereocenters. The number of hydrogen-bond donors (Lipinski definition) is 1. The Labute approximate surface area is 130 Å². The molecule has 2 aromatic heterocycles. The molecule has 1 N–H and O–H groups in total. The van der Waals surface area contributed by atoms with Crippen LogP contribution in [0.1, 0.15) is 11.6 Å². The molecule has 3 rings (SSSR count). The maximum absolute atomic E-state index is 5.56. The van der Waals surface area contributed by atoms with Gasteiger partial charge in [0.05, 0.1) is 41.7 Å². The van der Waals surface area contributed by atoms with Crippen LogP contribution in [0.4, 0.5) is 5.95 Å². The Hall–Kier alpha value is -1.74. The fraction of sp³-hybridized carbons (Fsp3) is 0.500. The molecule has 1 saturated heterocycles. The SMILES string of the molecule is COc1nc(N2C[C@@H](OC)[C@H](c3cn[nH]n3)C2)ncc1Br. The first-order chi connectivity index (χ1) is 10.2. The van der Waals surface area contributed by atoms with E-state index < -0.39 is 0 Å². The Bertz CT molecular complexity index is 608. The Morgan fingerprint density at radius 3 is 2.86 bits per heavy atom. The van der Waals surface area contributed by atoms with E-state index in [-0.39, 0.29) is 12.0 Å². The molecule has 8 nitrogen and oxygen atoms in total. The molecular formula is C12H15BrN6O2. The molecule has 3 heterocycles. The Kier molecular flexibility index (Phi) is 4.02. The van der Waals surface area contributed by atoms with Crippen molar-refractivity contribution in [2.24, 2.45) is 0 Å². The standard InChI is InChI=1S/C12H15BrN6O2/c1-20-10-6-19(5-7(10)9-4-15-18-17-9)12-14-3-8(13)11(16-12)21-2/h3-4,7,10H,5-6H2,1-2H3,(H,15,17,18)/t7-,10+/m0/s1. The average Bonchev–Trinajstić information content (AvgIpc) is 3.16. The number of methoxy groups -OCH3 is 2. The van der Waals surface area contributed by atoms with Crippen LogP contribution in [0.2, 0.25) is 0 Å². The molecule has 0 aliphatic carbocycles. The molecule has 2 atom stereocenters. The molecule has 1 fully saturated rings. The van der Waals surface area contributed by atoms with Crippen molar-refractivity contribution in [3.63, 3.8) is 0 Å². The van der Waals surface area contributed by atoms with E-state index in [1.165, 1.54) is 0 Å². The van der Waals surface area contributed by atoms with Crippen LogP contribution in [0.25, 0.3) is 0 Å². The van der Waals surface area contributed by atoms with Gasteiger partial charge in [-0.2, -0.15) is 20.4 Å². The number of nitrogens with one attached hydrogen (secondary N) is 1. The summed E-state index contributed by atoms with van der Waals surface area (Å²) >= 11 is 3.35. The van der Waals surface area contributed by atoms with Gasteiger partial charge >= 0.3 is 0 Å². The third kappa shape index (κ3) is 2.70. The van der Waals surface area contributed by atoms with Gasteiger partial charge in [-0.3, -0.25) is 0 Å². The largest absolute Gasteiger partial charge is 0.480 e. The fourth-order valence-electron chi connectivity index (χ4n) is 2.49. The van der Waals surface area contributed by atoms with Crippen LogP contribution in [0, 0.1) is 0 Å². The van der Waals surface area contributed by atoms with Gasteiger partial charge < -0.3 is 14.4 Å². The van der Waals surface area contributed by atoms with Gasteiger partial charge in [0.2, 0.25) is 11.8 Å². The highest BCUT2D eigenvalue weighted by Gasteiger charge is 2.37. The van der Waals surface area contributed by atoms with Gasteiger partial charge in [0.15, 0.2) is 0 Å². The van der Waals surface area contributed by atoms with Crippen molar-refractivity contribution < 1.29 is 9.47 Å². The first-order valence-corrected chi connectivity index (χ1v) is 7.22. The second-order valence-electron chi connectivity index (χ2n) is 4.71. The Balaban J connectivity index is 1.84. The van der Waals surface area contributed by atoms with E-state index in [9.17, 15) is 0 Å². The van der Waals surface area contributed by atoms with E-state index in [0.29, 0.717) is 18.4 Å². The minimum absolute atomic E-state index is 0.0216. The molecule has 0 bridgehead atoms. The van der Waals surface area contributed by atoms with E-state index in [0.717, 1.165) is 16.7 Å². The van der Waals surface area contributed by atoms with Gasteiger partial charge in [-0.15, -0.1) is 0 Å². The quantitative estimate of drug-likeness (QED) is 0.875. The molecule has 0 amide bonds. The highest BCUT2D eigenvalue weighted by Crippen LogP contribution is 2.31. The summed E-state index contributed by atoms with van der Waals surface area (Å²) in [6.45, 7) is 1.41. The number of aromatic amines is 1. The number of H-pyrrole nitrogens is 1. The lowest BCUT2D eigenvalue weighted by molar-refractivity contribution is 0.105. The van der Waals surface area contributed by atoms with Crippen LogP contribution in [0.3, 0.4) is 0 Å². The summed E-state index contributed by atoms with van der Waals surface area (Å²) in [6, 6.07) is 0. The zero-order chi connectivity index (χ0) is 14.8. The molecule has 0 radical (unpaired) electrons. The van der Waals surface area contributed by atoms with Crippen LogP contribution >= 0.6 is 15.9 Å². The van der Waals surface area contributed by atoms with Crippen molar-refractivity contribution in [2.45, 2.75) is 12.0 Å². The maximum atomic E-state index is 5.56. The normalized spacial score (nSPS) is 21.8. The highest BCUT2D eigenvalue weighted by molar-refractivity contribution is 9.10. The van der Waals surface area contributed by atoms with Gasteiger partial charge in [-0.25, -0.2) is 4.98 Å².